The Morgan fingerprint density at radius 3 is 2.77 bits per heavy atom. The number of methoxy groups -OCH3 is 1. The first-order valence-electron chi connectivity index (χ1n) is 7.09. The lowest BCUT2D eigenvalue weighted by Crippen LogP contribution is -2.48. The van der Waals surface area contributed by atoms with Crippen molar-refractivity contribution in [3.63, 3.8) is 0 Å². The van der Waals surface area contributed by atoms with E-state index >= 15 is 0 Å². The number of carbonyl (C=O) groups is 2. The fraction of sp³-hybridized carbons (Fsp3) is 0.467. The van der Waals surface area contributed by atoms with Crippen molar-refractivity contribution in [1.82, 2.24) is 5.32 Å². The molecule has 1 saturated heterocycles. The van der Waals surface area contributed by atoms with Gasteiger partial charge in [0.1, 0.15) is 12.4 Å². The molecule has 0 unspecified atom stereocenters. The number of halogens is 2. The molecule has 0 radical (unpaired) electrons. The predicted octanol–water partition coefficient (Wildman–Crippen LogP) is 1.62. The van der Waals surface area contributed by atoms with Crippen LogP contribution in [-0.2, 0) is 19.7 Å². The van der Waals surface area contributed by atoms with Gasteiger partial charge in [0, 0.05) is 5.56 Å². The number of rotatable bonds is 2. The highest BCUT2D eigenvalue weighted by molar-refractivity contribution is 6.33. The van der Waals surface area contributed by atoms with Crippen LogP contribution in [-0.4, -0.2) is 38.6 Å². The van der Waals surface area contributed by atoms with Crippen LogP contribution in [0.25, 0.3) is 0 Å². The van der Waals surface area contributed by atoms with E-state index in [0.29, 0.717) is 37.2 Å². The zero-order valence-electron chi connectivity index (χ0n) is 12.1. The molecule has 2 aliphatic rings. The highest BCUT2D eigenvalue weighted by Crippen LogP contribution is 2.50. The van der Waals surface area contributed by atoms with Crippen molar-refractivity contribution in [1.29, 1.82) is 0 Å². The van der Waals surface area contributed by atoms with Gasteiger partial charge in [0.05, 0.1) is 23.2 Å². The number of benzene rings is 1. The Kier molecular flexibility index (Phi) is 3.82. The molecule has 0 aromatic heterocycles. The fourth-order valence-electron chi connectivity index (χ4n) is 3.36. The van der Waals surface area contributed by atoms with Gasteiger partial charge in [-0.2, -0.15) is 0 Å². The molecule has 3 rings (SSSR count). The summed E-state index contributed by atoms with van der Waals surface area (Å²) < 4.78 is 18.6. The summed E-state index contributed by atoms with van der Waals surface area (Å²) in [5.41, 5.74) is 0.154. The van der Waals surface area contributed by atoms with Gasteiger partial charge in [-0.1, -0.05) is 11.6 Å². The summed E-state index contributed by atoms with van der Waals surface area (Å²) in [4.78, 5) is 25.9. The molecule has 118 valence electrons. The average molecular weight is 327 g/mol. The van der Waals surface area contributed by atoms with Gasteiger partial charge in [-0.3, -0.25) is 9.59 Å². The predicted molar refractivity (Wildman–Crippen MR) is 79.6 cm³/mol. The number of amides is 1. The number of carbonyl (C=O) groups excluding carboxylic acids is 2. The van der Waals surface area contributed by atoms with Gasteiger partial charge in [0.25, 0.3) is 0 Å². The molecule has 0 saturated carbocycles. The molecule has 1 aromatic rings. The van der Waals surface area contributed by atoms with Gasteiger partial charge in [-0.15, -0.1) is 0 Å². The van der Waals surface area contributed by atoms with Crippen molar-refractivity contribution in [2.75, 3.05) is 31.6 Å². The van der Waals surface area contributed by atoms with Crippen molar-refractivity contribution in [3.05, 3.63) is 28.5 Å². The Morgan fingerprint density at radius 1 is 1.45 bits per heavy atom. The molecule has 1 spiro atoms. The SMILES string of the molecule is COC(=O)CN1C(=O)C2(CCNCC2)c2c1ccc(F)c2Cl. The zero-order chi connectivity index (χ0) is 15.9. The number of fused-ring (bicyclic) bond motifs is 2. The van der Waals surface area contributed by atoms with Gasteiger partial charge in [-0.05, 0) is 38.1 Å². The molecule has 2 heterocycles. The normalized spacial score (nSPS) is 19.4. The minimum atomic E-state index is -0.853. The van der Waals surface area contributed by atoms with E-state index in [1.807, 2.05) is 0 Å². The van der Waals surface area contributed by atoms with Crippen LogP contribution in [0.2, 0.25) is 5.02 Å². The lowest BCUT2D eigenvalue weighted by molar-refractivity contribution is -0.140. The summed E-state index contributed by atoms with van der Waals surface area (Å²) in [6.07, 6.45) is 1.05. The van der Waals surface area contributed by atoms with E-state index in [0.717, 1.165) is 0 Å². The van der Waals surface area contributed by atoms with Crippen molar-refractivity contribution in [2.45, 2.75) is 18.3 Å². The lowest BCUT2D eigenvalue weighted by Gasteiger charge is -2.33. The van der Waals surface area contributed by atoms with Gasteiger partial charge >= 0.3 is 5.97 Å². The molecular formula is C15H16ClFN2O3. The molecule has 2 aliphatic heterocycles. The Balaban J connectivity index is 2.14. The average Bonchev–Trinajstić information content (AvgIpc) is 2.74. The Morgan fingerprint density at radius 2 is 2.14 bits per heavy atom. The minimum absolute atomic E-state index is 0.0277. The molecule has 1 fully saturated rings. The number of nitrogens with one attached hydrogen (secondary N) is 1. The zero-order valence-corrected chi connectivity index (χ0v) is 12.9. The second-order valence-electron chi connectivity index (χ2n) is 5.56. The fourth-order valence-corrected chi connectivity index (χ4v) is 3.70. The van der Waals surface area contributed by atoms with Gasteiger partial charge in [0.2, 0.25) is 5.91 Å². The standard InChI is InChI=1S/C15H16ClFN2O3/c1-22-11(20)8-19-10-3-2-9(17)13(16)12(10)15(14(19)21)4-6-18-7-5-15/h2-3,18H,4-8H2,1H3. The number of anilines is 1. The van der Waals surface area contributed by atoms with Crippen molar-refractivity contribution in [2.24, 2.45) is 0 Å². The minimum Gasteiger partial charge on any atom is -0.468 e. The third kappa shape index (κ3) is 2.09. The smallest absolute Gasteiger partial charge is 0.325 e. The highest BCUT2D eigenvalue weighted by atomic mass is 35.5. The summed E-state index contributed by atoms with van der Waals surface area (Å²) in [6, 6.07) is 2.73. The quantitative estimate of drug-likeness (QED) is 0.839. The number of nitrogens with zero attached hydrogens (tertiary/aromatic N) is 1. The first-order valence-corrected chi connectivity index (χ1v) is 7.47. The Hall–Kier alpha value is -1.66. The maximum atomic E-state index is 13.9. The summed E-state index contributed by atoms with van der Waals surface area (Å²) in [5.74, 6) is -1.28. The topological polar surface area (TPSA) is 58.6 Å². The van der Waals surface area contributed by atoms with E-state index in [-0.39, 0.29) is 17.5 Å². The van der Waals surface area contributed by atoms with E-state index in [1.54, 1.807) is 0 Å². The molecule has 0 atom stereocenters. The largest absolute Gasteiger partial charge is 0.468 e. The van der Waals surface area contributed by atoms with Gasteiger partial charge < -0.3 is 15.0 Å². The molecule has 5 nitrogen and oxygen atoms in total. The van der Waals surface area contributed by atoms with E-state index in [4.69, 9.17) is 11.6 Å². The first-order chi connectivity index (χ1) is 10.5. The third-order valence-corrected chi connectivity index (χ3v) is 4.84. The number of ether oxygens (including phenoxy) is 1. The maximum Gasteiger partial charge on any atom is 0.325 e. The van der Waals surface area contributed by atoms with E-state index in [9.17, 15) is 14.0 Å². The number of hydrogen-bond acceptors (Lipinski definition) is 4. The van der Waals surface area contributed by atoms with Crippen molar-refractivity contribution >= 4 is 29.2 Å². The van der Waals surface area contributed by atoms with Crippen LogP contribution in [0.5, 0.6) is 0 Å². The molecule has 7 heteroatoms. The number of piperidine rings is 1. The molecule has 0 bridgehead atoms. The molecular weight excluding hydrogens is 311 g/mol. The molecule has 1 aromatic carbocycles. The molecule has 0 aliphatic carbocycles. The lowest BCUT2D eigenvalue weighted by atomic mass is 9.74. The van der Waals surface area contributed by atoms with Crippen LogP contribution >= 0.6 is 11.6 Å². The van der Waals surface area contributed by atoms with Crippen molar-refractivity contribution < 1.29 is 18.7 Å². The second-order valence-corrected chi connectivity index (χ2v) is 5.93. The van der Waals surface area contributed by atoms with Crippen LogP contribution in [0.3, 0.4) is 0 Å². The second kappa shape index (κ2) is 5.52. The van der Waals surface area contributed by atoms with Crippen LogP contribution in [0.4, 0.5) is 10.1 Å². The van der Waals surface area contributed by atoms with E-state index < -0.39 is 17.2 Å². The first kappa shape index (κ1) is 15.2. The summed E-state index contributed by atoms with van der Waals surface area (Å²) in [5, 5.41) is 3.16. The molecule has 22 heavy (non-hydrogen) atoms. The van der Waals surface area contributed by atoms with Gasteiger partial charge in [0.15, 0.2) is 0 Å². The Bertz CT molecular complexity index is 644. The van der Waals surface area contributed by atoms with Gasteiger partial charge in [-0.25, -0.2) is 4.39 Å². The highest BCUT2D eigenvalue weighted by Gasteiger charge is 2.53. The van der Waals surface area contributed by atoms with E-state index in [2.05, 4.69) is 10.1 Å². The summed E-state index contributed by atoms with van der Waals surface area (Å²) in [6.45, 7) is 1.09. The number of esters is 1. The van der Waals surface area contributed by atoms with Crippen LogP contribution in [0.15, 0.2) is 12.1 Å². The molecule has 1 amide bonds. The number of hydrogen-bond donors (Lipinski definition) is 1. The monoisotopic (exact) mass is 326 g/mol. The van der Waals surface area contributed by atoms with E-state index in [1.165, 1.54) is 24.1 Å². The summed E-state index contributed by atoms with van der Waals surface area (Å²) in [7, 11) is 1.27. The Labute approximate surface area is 132 Å². The van der Waals surface area contributed by atoms with Crippen molar-refractivity contribution in [3.8, 4) is 0 Å². The maximum absolute atomic E-state index is 13.9. The van der Waals surface area contributed by atoms with Crippen LogP contribution in [0, 0.1) is 5.82 Å². The third-order valence-electron chi connectivity index (χ3n) is 4.47. The molecule has 1 N–H and O–H groups in total. The summed E-state index contributed by atoms with van der Waals surface area (Å²) >= 11 is 6.17. The van der Waals surface area contributed by atoms with Crippen LogP contribution in [0.1, 0.15) is 18.4 Å². The van der Waals surface area contributed by atoms with Crippen LogP contribution < -0.4 is 10.2 Å².